The van der Waals surface area contributed by atoms with Gasteiger partial charge in [0, 0.05) is 0 Å². The monoisotopic (exact) mass is 315 g/mol. The molecule has 0 saturated heterocycles. The third-order valence-corrected chi connectivity index (χ3v) is 2.45. The molecular weight excluding hydrogens is 306 g/mol. The Hall–Kier alpha value is -2.77. The number of carbonyl (C=O) groups excluding carboxylic acids is 1. The molecule has 0 aliphatic heterocycles. The van der Waals surface area contributed by atoms with E-state index < -0.39 is 35.8 Å². The second kappa shape index (κ2) is 6.79. The summed E-state index contributed by atoms with van der Waals surface area (Å²) in [5.41, 5.74) is -0.557. The van der Waals surface area contributed by atoms with Crippen LogP contribution in [0.25, 0.3) is 0 Å². The number of ether oxygens (including phenoxy) is 2. The highest BCUT2D eigenvalue weighted by Gasteiger charge is 2.20. The molecule has 8 heteroatoms. The molecule has 116 valence electrons. The quantitative estimate of drug-likeness (QED) is 0.861. The SMILES string of the molecule is O=C(Nc1ccc(F)c(OC(F)F)c1F)Oc1ccccc1. The minimum absolute atomic E-state index is 0.187. The molecular formula is C14H9F4NO3. The van der Waals surface area contributed by atoms with Crippen LogP contribution >= 0.6 is 0 Å². The van der Waals surface area contributed by atoms with Crippen molar-refractivity contribution >= 4 is 11.8 Å². The van der Waals surface area contributed by atoms with Gasteiger partial charge < -0.3 is 9.47 Å². The Morgan fingerprint density at radius 3 is 2.36 bits per heavy atom. The lowest BCUT2D eigenvalue weighted by atomic mass is 10.2. The highest BCUT2D eigenvalue weighted by atomic mass is 19.3. The fourth-order valence-corrected chi connectivity index (χ4v) is 1.56. The lowest BCUT2D eigenvalue weighted by Gasteiger charge is -2.11. The molecule has 0 radical (unpaired) electrons. The van der Waals surface area contributed by atoms with Gasteiger partial charge in [-0.25, -0.2) is 13.6 Å². The van der Waals surface area contributed by atoms with E-state index in [9.17, 15) is 22.4 Å². The van der Waals surface area contributed by atoms with Gasteiger partial charge in [0.25, 0.3) is 0 Å². The summed E-state index contributed by atoms with van der Waals surface area (Å²) < 4.78 is 59.8. The molecule has 2 aromatic rings. The van der Waals surface area contributed by atoms with E-state index in [0.29, 0.717) is 6.07 Å². The molecule has 0 unspecified atom stereocenters. The number of alkyl halides is 2. The van der Waals surface area contributed by atoms with E-state index in [1.165, 1.54) is 12.1 Å². The molecule has 0 fully saturated rings. The van der Waals surface area contributed by atoms with Crippen molar-refractivity contribution in [1.29, 1.82) is 0 Å². The number of amides is 1. The van der Waals surface area contributed by atoms with Crippen molar-refractivity contribution in [2.24, 2.45) is 0 Å². The van der Waals surface area contributed by atoms with Gasteiger partial charge >= 0.3 is 12.7 Å². The van der Waals surface area contributed by atoms with Crippen LogP contribution in [0.1, 0.15) is 0 Å². The highest BCUT2D eigenvalue weighted by Crippen LogP contribution is 2.29. The third kappa shape index (κ3) is 3.87. The molecule has 0 aliphatic carbocycles. The van der Waals surface area contributed by atoms with Gasteiger partial charge in [0.05, 0.1) is 5.69 Å². The molecule has 1 amide bonds. The maximum absolute atomic E-state index is 13.8. The predicted molar refractivity (Wildman–Crippen MR) is 69.1 cm³/mol. The van der Waals surface area contributed by atoms with Crippen LogP contribution in [0, 0.1) is 11.6 Å². The van der Waals surface area contributed by atoms with Crippen molar-refractivity contribution in [3.05, 3.63) is 54.1 Å². The number of hydrogen-bond donors (Lipinski definition) is 1. The van der Waals surface area contributed by atoms with Crippen molar-refractivity contribution < 1.29 is 31.8 Å². The number of nitrogens with one attached hydrogen (secondary N) is 1. The summed E-state index contributed by atoms with van der Waals surface area (Å²) in [5, 5.41) is 1.97. The van der Waals surface area contributed by atoms with Crippen molar-refractivity contribution in [3.8, 4) is 11.5 Å². The lowest BCUT2D eigenvalue weighted by Crippen LogP contribution is -2.18. The molecule has 0 aromatic heterocycles. The van der Waals surface area contributed by atoms with Gasteiger partial charge in [-0.1, -0.05) is 18.2 Å². The zero-order valence-corrected chi connectivity index (χ0v) is 10.9. The Bertz CT molecular complexity index is 665. The van der Waals surface area contributed by atoms with Crippen LogP contribution in [0.5, 0.6) is 11.5 Å². The second-order valence-corrected chi connectivity index (χ2v) is 3.94. The first kappa shape index (κ1) is 15.6. The van der Waals surface area contributed by atoms with Crippen molar-refractivity contribution in [2.75, 3.05) is 5.32 Å². The van der Waals surface area contributed by atoms with Gasteiger partial charge in [-0.3, -0.25) is 5.32 Å². The van der Waals surface area contributed by atoms with Crippen LogP contribution in [-0.2, 0) is 0 Å². The zero-order chi connectivity index (χ0) is 16.1. The Balaban J connectivity index is 2.14. The van der Waals surface area contributed by atoms with Crippen molar-refractivity contribution in [3.63, 3.8) is 0 Å². The van der Waals surface area contributed by atoms with Gasteiger partial charge in [0.2, 0.25) is 0 Å². The van der Waals surface area contributed by atoms with Crippen LogP contribution in [-0.4, -0.2) is 12.7 Å². The maximum atomic E-state index is 13.8. The summed E-state index contributed by atoms with van der Waals surface area (Å²) >= 11 is 0. The largest absolute Gasteiger partial charge is 0.428 e. The predicted octanol–water partition coefficient (Wildman–Crippen LogP) is 4.18. The number of anilines is 1. The molecule has 0 saturated carbocycles. The van der Waals surface area contributed by atoms with E-state index in [1.54, 1.807) is 18.2 Å². The summed E-state index contributed by atoms with van der Waals surface area (Å²) in [5.74, 6) is -3.89. The molecule has 0 bridgehead atoms. The van der Waals surface area contributed by atoms with Crippen LogP contribution < -0.4 is 14.8 Å². The number of hydrogen-bond acceptors (Lipinski definition) is 3. The van der Waals surface area contributed by atoms with Gasteiger partial charge in [-0.2, -0.15) is 8.78 Å². The van der Waals surface area contributed by atoms with E-state index in [0.717, 1.165) is 6.07 Å². The lowest BCUT2D eigenvalue weighted by molar-refractivity contribution is -0.0545. The Morgan fingerprint density at radius 1 is 1.05 bits per heavy atom. The minimum atomic E-state index is -3.41. The normalized spacial score (nSPS) is 10.4. The van der Waals surface area contributed by atoms with E-state index in [-0.39, 0.29) is 5.75 Å². The highest BCUT2D eigenvalue weighted by molar-refractivity contribution is 5.86. The maximum Gasteiger partial charge on any atom is 0.417 e. The molecule has 0 atom stereocenters. The molecule has 0 aliphatic rings. The third-order valence-electron chi connectivity index (χ3n) is 2.45. The summed E-state index contributed by atoms with van der Waals surface area (Å²) in [6.07, 6.45) is -1.07. The van der Waals surface area contributed by atoms with E-state index >= 15 is 0 Å². The molecule has 4 nitrogen and oxygen atoms in total. The van der Waals surface area contributed by atoms with Gasteiger partial charge in [0.1, 0.15) is 5.75 Å². The Morgan fingerprint density at radius 2 is 1.73 bits per heavy atom. The molecule has 22 heavy (non-hydrogen) atoms. The average Bonchev–Trinajstić information content (AvgIpc) is 2.47. The first-order chi connectivity index (χ1) is 10.5. The fourth-order valence-electron chi connectivity index (χ4n) is 1.56. The van der Waals surface area contributed by atoms with E-state index in [1.807, 2.05) is 5.32 Å². The van der Waals surface area contributed by atoms with E-state index in [4.69, 9.17) is 4.74 Å². The summed E-state index contributed by atoms with van der Waals surface area (Å²) in [6.45, 7) is -3.41. The average molecular weight is 315 g/mol. The standard InChI is InChI=1S/C14H9F4NO3/c15-9-6-7-10(11(16)12(9)22-13(17)18)19-14(20)21-8-4-2-1-3-5-8/h1-7,13H,(H,19,20). The molecule has 0 heterocycles. The van der Waals surface area contributed by atoms with Gasteiger partial charge in [-0.05, 0) is 24.3 Å². The minimum Gasteiger partial charge on any atom is -0.428 e. The first-order valence-electron chi connectivity index (χ1n) is 5.94. The summed E-state index contributed by atoms with van der Waals surface area (Å²) in [4.78, 5) is 11.6. The summed E-state index contributed by atoms with van der Waals surface area (Å²) in [7, 11) is 0. The topological polar surface area (TPSA) is 47.6 Å². The zero-order valence-electron chi connectivity index (χ0n) is 10.9. The smallest absolute Gasteiger partial charge is 0.417 e. The summed E-state index contributed by atoms with van der Waals surface area (Å²) in [6, 6.07) is 9.40. The van der Waals surface area contributed by atoms with Crippen molar-refractivity contribution in [1.82, 2.24) is 0 Å². The van der Waals surface area contributed by atoms with Crippen LogP contribution in [0.3, 0.4) is 0 Å². The Kier molecular flexibility index (Phi) is 4.82. The van der Waals surface area contributed by atoms with Crippen molar-refractivity contribution in [2.45, 2.75) is 6.61 Å². The fraction of sp³-hybridized carbons (Fsp3) is 0.0714. The number of rotatable bonds is 4. The Labute approximate surface area is 122 Å². The van der Waals surface area contributed by atoms with E-state index in [2.05, 4.69) is 4.74 Å². The van der Waals surface area contributed by atoms with Gasteiger partial charge in [-0.15, -0.1) is 0 Å². The number of benzene rings is 2. The molecule has 2 rings (SSSR count). The van der Waals surface area contributed by atoms with Gasteiger partial charge in [0.15, 0.2) is 17.4 Å². The number of carbonyl (C=O) groups is 1. The number of para-hydroxylation sites is 1. The molecule has 2 aromatic carbocycles. The molecule has 0 spiro atoms. The second-order valence-electron chi connectivity index (χ2n) is 3.94. The van der Waals surface area contributed by atoms with Crippen LogP contribution in [0.15, 0.2) is 42.5 Å². The first-order valence-corrected chi connectivity index (χ1v) is 5.94. The van der Waals surface area contributed by atoms with Crippen LogP contribution in [0.4, 0.5) is 28.0 Å². The molecule has 1 N–H and O–H groups in total. The van der Waals surface area contributed by atoms with Crippen LogP contribution in [0.2, 0.25) is 0 Å². The number of halogens is 4.